The molecule has 2 aromatic carbocycles. The molecule has 37 heavy (non-hydrogen) atoms. The summed E-state index contributed by atoms with van der Waals surface area (Å²) < 4.78 is 21.3. The molecule has 0 fully saturated rings. The Morgan fingerprint density at radius 3 is 1.86 bits per heavy atom. The van der Waals surface area contributed by atoms with Crippen LogP contribution in [-0.4, -0.2) is 60.8 Å². The van der Waals surface area contributed by atoms with Crippen molar-refractivity contribution in [3.8, 4) is 11.5 Å². The van der Waals surface area contributed by atoms with Crippen LogP contribution in [0.4, 0.5) is 0 Å². The Kier molecular flexibility index (Phi) is 7.43. The van der Waals surface area contributed by atoms with Crippen molar-refractivity contribution in [2.75, 3.05) is 26.4 Å². The number of hydrogen-bond acceptors (Lipinski definition) is 8. The highest BCUT2D eigenvalue weighted by Gasteiger charge is 2.59. The van der Waals surface area contributed by atoms with E-state index in [9.17, 15) is 19.8 Å². The number of esters is 2. The van der Waals surface area contributed by atoms with Gasteiger partial charge < -0.3 is 29.2 Å². The minimum Gasteiger partial charge on any atom is -0.491 e. The van der Waals surface area contributed by atoms with Crippen molar-refractivity contribution in [3.63, 3.8) is 0 Å². The fourth-order valence-corrected chi connectivity index (χ4v) is 4.46. The van der Waals surface area contributed by atoms with E-state index in [-0.39, 0.29) is 48.9 Å². The van der Waals surface area contributed by atoms with E-state index in [1.54, 1.807) is 13.8 Å². The van der Waals surface area contributed by atoms with Crippen molar-refractivity contribution in [3.05, 3.63) is 83.0 Å². The van der Waals surface area contributed by atoms with Gasteiger partial charge in [-0.15, -0.1) is 0 Å². The largest absolute Gasteiger partial charge is 0.491 e. The molecule has 0 saturated heterocycles. The van der Waals surface area contributed by atoms with Gasteiger partial charge in [-0.25, -0.2) is 9.59 Å². The molecule has 8 nitrogen and oxygen atoms in total. The average molecular weight is 509 g/mol. The summed E-state index contributed by atoms with van der Waals surface area (Å²) in [6.07, 6.45) is -1.88. The zero-order valence-corrected chi connectivity index (χ0v) is 21.3. The molecule has 196 valence electrons. The fourth-order valence-electron chi connectivity index (χ4n) is 4.46. The summed E-state index contributed by atoms with van der Waals surface area (Å²) in [5.74, 6) is 0.437. The summed E-state index contributed by atoms with van der Waals surface area (Å²) >= 11 is 0. The van der Waals surface area contributed by atoms with Crippen LogP contribution in [0.25, 0.3) is 0 Å². The summed E-state index contributed by atoms with van der Waals surface area (Å²) in [4.78, 5) is 22.9. The molecule has 2 aliphatic rings. The highest BCUT2D eigenvalue weighted by atomic mass is 16.6. The van der Waals surface area contributed by atoms with E-state index < -0.39 is 24.1 Å². The Hall–Kier alpha value is -3.62. The second-order valence-corrected chi connectivity index (χ2v) is 9.82. The van der Waals surface area contributed by atoms with Gasteiger partial charge in [0.25, 0.3) is 0 Å². The molecule has 0 aliphatic heterocycles. The Morgan fingerprint density at radius 1 is 0.811 bits per heavy atom. The molecule has 4 unspecified atom stereocenters. The maximum atomic E-state index is 11.5. The molecule has 8 heteroatoms. The molecule has 0 radical (unpaired) electrons. The van der Waals surface area contributed by atoms with Crippen LogP contribution < -0.4 is 9.47 Å². The molecule has 0 saturated carbocycles. The van der Waals surface area contributed by atoms with Crippen molar-refractivity contribution in [2.45, 2.75) is 44.3 Å². The standard InChI is InChI=1S/C29H32O8/c1-16(2)27(32)36-14-18(30)12-34-20-6-8-22-23(10-20)26(22)29(5)24-9-7-21(11-25(24)29)35-13-19(31)15-37-28(33)17(3)4/h6-11,18-19,26,30-31H,1,3,12-15H2,2,4-5H3. The second kappa shape index (κ2) is 10.4. The SMILES string of the molecule is C=C(C)C(=O)OCC(O)COc1ccc2c(c1)C2C1(C)c2ccc(OCC(O)COC(=O)C(=C)C)cc21. The van der Waals surface area contributed by atoms with Crippen molar-refractivity contribution in [1.82, 2.24) is 0 Å². The first kappa shape index (κ1) is 26.4. The number of carbonyl (C=O) groups excluding carboxylic acids is 2. The minimum absolute atomic E-state index is 0.00156. The van der Waals surface area contributed by atoms with Gasteiger partial charge in [-0.05, 0) is 60.4 Å². The quantitative estimate of drug-likeness (QED) is 0.314. The number of ether oxygens (including phenoxy) is 4. The van der Waals surface area contributed by atoms with Crippen LogP contribution in [0.5, 0.6) is 11.5 Å². The number of aliphatic hydroxyl groups excluding tert-OH is 2. The number of benzene rings is 2. The number of carbonyl (C=O) groups is 2. The van der Waals surface area contributed by atoms with Gasteiger partial charge in [-0.3, -0.25) is 0 Å². The van der Waals surface area contributed by atoms with Gasteiger partial charge >= 0.3 is 11.9 Å². The summed E-state index contributed by atoms with van der Waals surface area (Å²) in [5, 5.41) is 20.1. The maximum absolute atomic E-state index is 11.5. The minimum atomic E-state index is -0.943. The number of hydrogen-bond donors (Lipinski definition) is 2. The van der Waals surface area contributed by atoms with Crippen LogP contribution in [0.2, 0.25) is 0 Å². The Balaban J connectivity index is 1.27. The topological polar surface area (TPSA) is 112 Å². The number of fused-ring (bicyclic) bond motifs is 2. The summed E-state index contributed by atoms with van der Waals surface area (Å²) in [6, 6.07) is 11.8. The third kappa shape index (κ3) is 5.70. The highest BCUT2D eigenvalue weighted by Crippen LogP contribution is 2.67. The monoisotopic (exact) mass is 508 g/mol. The van der Waals surface area contributed by atoms with Gasteiger partial charge in [-0.1, -0.05) is 32.2 Å². The molecule has 0 bridgehead atoms. The summed E-state index contributed by atoms with van der Waals surface area (Å²) in [5.41, 5.74) is 5.29. The Morgan fingerprint density at radius 2 is 1.32 bits per heavy atom. The van der Waals surface area contributed by atoms with E-state index in [4.69, 9.17) is 18.9 Å². The van der Waals surface area contributed by atoms with Crippen LogP contribution in [0.1, 0.15) is 48.9 Å². The van der Waals surface area contributed by atoms with E-state index in [1.165, 1.54) is 22.3 Å². The van der Waals surface area contributed by atoms with Gasteiger partial charge in [0.2, 0.25) is 0 Å². The molecule has 0 amide bonds. The first-order valence-corrected chi connectivity index (χ1v) is 12.1. The van der Waals surface area contributed by atoms with Crippen molar-refractivity contribution >= 4 is 11.9 Å². The van der Waals surface area contributed by atoms with Crippen molar-refractivity contribution in [1.29, 1.82) is 0 Å². The Labute approximate surface area is 216 Å². The fraction of sp³-hybridized carbons (Fsp3) is 0.379. The first-order valence-electron chi connectivity index (χ1n) is 12.1. The predicted octanol–water partition coefficient (Wildman–Crippen LogP) is 3.17. The normalized spacial score (nSPS) is 20.0. The molecular weight excluding hydrogens is 476 g/mol. The molecule has 2 aliphatic carbocycles. The zero-order chi connectivity index (χ0) is 26.9. The van der Waals surface area contributed by atoms with Crippen LogP contribution in [-0.2, 0) is 24.5 Å². The maximum Gasteiger partial charge on any atom is 0.333 e. The molecule has 4 rings (SSSR count). The van der Waals surface area contributed by atoms with Crippen LogP contribution in [0.15, 0.2) is 60.7 Å². The lowest BCUT2D eigenvalue weighted by molar-refractivity contribution is -0.143. The lowest BCUT2D eigenvalue weighted by Gasteiger charge is -2.12. The second-order valence-electron chi connectivity index (χ2n) is 9.82. The van der Waals surface area contributed by atoms with Crippen LogP contribution in [0, 0.1) is 0 Å². The van der Waals surface area contributed by atoms with E-state index in [0.29, 0.717) is 11.5 Å². The average Bonchev–Trinajstić information content (AvgIpc) is 3.75. The number of rotatable bonds is 13. The first-order chi connectivity index (χ1) is 17.5. The lowest BCUT2D eigenvalue weighted by Crippen LogP contribution is -2.25. The van der Waals surface area contributed by atoms with Gasteiger partial charge in [-0.2, -0.15) is 0 Å². The van der Waals surface area contributed by atoms with E-state index in [0.717, 1.165) is 0 Å². The lowest BCUT2D eigenvalue weighted by atomic mass is 9.95. The molecule has 4 atom stereocenters. The molecular formula is C29H32O8. The highest BCUT2D eigenvalue weighted by molar-refractivity contribution is 5.87. The van der Waals surface area contributed by atoms with Crippen molar-refractivity contribution in [2.24, 2.45) is 0 Å². The van der Waals surface area contributed by atoms with E-state index in [2.05, 4.69) is 20.1 Å². The molecule has 0 aromatic heterocycles. The molecule has 2 aromatic rings. The third-order valence-corrected chi connectivity index (χ3v) is 6.62. The predicted molar refractivity (Wildman–Crippen MR) is 136 cm³/mol. The summed E-state index contributed by atoms with van der Waals surface area (Å²) in [7, 11) is 0. The Bertz CT molecular complexity index is 1250. The van der Waals surface area contributed by atoms with Gasteiger partial charge in [0.15, 0.2) is 0 Å². The van der Waals surface area contributed by atoms with E-state index in [1.807, 2.05) is 36.4 Å². The molecule has 0 spiro atoms. The van der Waals surface area contributed by atoms with E-state index >= 15 is 0 Å². The summed E-state index contributed by atoms with van der Waals surface area (Å²) in [6.45, 7) is 12.0. The van der Waals surface area contributed by atoms with Crippen molar-refractivity contribution < 1.29 is 38.7 Å². The molecule has 0 heterocycles. The number of aliphatic hydroxyl groups is 2. The van der Waals surface area contributed by atoms with Crippen LogP contribution >= 0.6 is 0 Å². The van der Waals surface area contributed by atoms with Gasteiger partial charge in [0.1, 0.15) is 50.1 Å². The van der Waals surface area contributed by atoms with Gasteiger partial charge in [0.05, 0.1) is 0 Å². The zero-order valence-electron chi connectivity index (χ0n) is 21.3. The smallest absolute Gasteiger partial charge is 0.333 e. The molecule has 2 N–H and O–H groups in total. The van der Waals surface area contributed by atoms with Crippen LogP contribution in [0.3, 0.4) is 0 Å². The van der Waals surface area contributed by atoms with Gasteiger partial charge in [0, 0.05) is 22.5 Å². The third-order valence-electron chi connectivity index (χ3n) is 6.62.